The summed E-state index contributed by atoms with van der Waals surface area (Å²) in [4.78, 5) is 48.3. The summed E-state index contributed by atoms with van der Waals surface area (Å²) < 4.78 is 37.7. The summed E-state index contributed by atoms with van der Waals surface area (Å²) in [5.41, 5.74) is -3.75. The molecule has 66 heavy (non-hydrogen) atoms. The Labute approximate surface area is 389 Å². The molecule has 372 valence electrons. The van der Waals surface area contributed by atoms with Gasteiger partial charge in [-0.05, 0) is 92.7 Å². The number of nitrogens with zero attached hydrogens (tertiary/aromatic N) is 2. The van der Waals surface area contributed by atoms with Gasteiger partial charge in [-0.2, -0.15) is 0 Å². The molecular formula is C48H76N4O14. The molecule has 1 aromatic heterocycles. The zero-order chi connectivity index (χ0) is 49.1. The second-order valence-electron chi connectivity index (χ2n) is 19.9. The molecule has 18 heteroatoms. The number of likely N-dealkylation sites (N-methyl/N-ethyl adjacent to an activating group) is 1. The number of ether oxygens (including phenoxy) is 6. The predicted molar refractivity (Wildman–Crippen MR) is 244 cm³/mol. The van der Waals surface area contributed by atoms with Gasteiger partial charge in [0.2, 0.25) is 5.91 Å². The average Bonchev–Trinajstić information content (AvgIpc) is 3.26. The van der Waals surface area contributed by atoms with E-state index in [9.17, 15) is 39.9 Å². The van der Waals surface area contributed by atoms with Gasteiger partial charge in [0.15, 0.2) is 12.6 Å². The number of Topliss-reactive ketones (excluding diaryl/α,β-unsaturated/α-hetero) is 1. The van der Waals surface area contributed by atoms with Crippen LogP contribution in [0.4, 0.5) is 5.69 Å². The summed E-state index contributed by atoms with van der Waals surface area (Å²) in [7, 11) is 5.13. The van der Waals surface area contributed by atoms with Crippen molar-refractivity contribution in [3.63, 3.8) is 0 Å². The summed E-state index contributed by atoms with van der Waals surface area (Å²) >= 11 is 0. The quantitative estimate of drug-likeness (QED) is 0.151. The van der Waals surface area contributed by atoms with Gasteiger partial charge < -0.3 is 69.5 Å². The van der Waals surface area contributed by atoms with E-state index in [1.807, 2.05) is 50.2 Å². The number of anilines is 1. The molecule has 18 atom stereocenters. The monoisotopic (exact) mass is 933 g/mol. The third-order valence-corrected chi connectivity index (χ3v) is 14.3. The van der Waals surface area contributed by atoms with E-state index in [0.717, 1.165) is 10.9 Å². The highest BCUT2D eigenvalue weighted by Crippen LogP contribution is 2.41. The lowest BCUT2D eigenvalue weighted by molar-refractivity contribution is -0.318. The van der Waals surface area contributed by atoms with Crippen LogP contribution >= 0.6 is 0 Å². The fourth-order valence-electron chi connectivity index (χ4n) is 10.1. The molecule has 18 nitrogen and oxygen atoms in total. The number of rotatable bonds is 12. The van der Waals surface area contributed by atoms with Crippen molar-refractivity contribution in [2.75, 3.05) is 39.6 Å². The number of esters is 1. The standard InChI is InChI=1S/C48H76N4O14/c1-25-22-46(7,59)43(66-45-39(55)34(52(10)11)21-26(2)62-45)28(4)40(65-37-23-47(8,61-12)42(57)30(6)63-37)29(5)44(58)64-35(48(9,60)41(56)27(3)38(25)54)18-20-50-36(53)24-51-33-17-13-16-32-31(33)15-14-19-49-32/h13-17,19,25-30,34-35,37,39-43,45,51,55-57,59-60H,18,20-24H2,1-12H3,(H,50,53)/t25-,26?,27+,28+,29?,30?,34?,35-,37?,39?,40?,41?,42?,43?,45?,46-,47?,48-/m1/s1. The molecule has 0 spiro atoms. The lowest BCUT2D eigenvalue weighted by atomic mass is 9.74. The molecule has 0 saturated carbocycles. The van der Waals surface area contributed by atoms with E-state index in [4.69, 9.17) is 28.4 Å². The van der Waals surface area contributed by atoms with E-state index < -0.39 is 113 Å². The molecule has 3 saturated heterocycles. The number of fused-ring (bicyclic) bond motifs is 1. The molecule has 3 fully saturated rings. The average molecular weight is 933 g/mol. The molecule has 3 aliphatic rings. The first-order valence-corrected chi connectivity index (χ1v) is 23.2. The Balaban J connectivity index is 1.49. The van der Waals surface area contributed by atoms with Gasteiger partial charge in [-0.25, -0.2) is 0 Å². The van der Waals surface area contributed by atoms with Crippen LogP contribution in [0.15, 0.2) is 36.5 Å². The summed E-state index contributed by atoms with van der Waals surface area (Å²) in [6.07, 6.45) is -9.49. The lowest BCUT2D eigenvalue weighted by Gasteiger charge is -2.49. The fraction of sp³-hybridized carbons (Fsp3) is 0.750. The molecule has 1 amide bonds. The van der Waals surface area contributed by atoms with Gasteiger partial charge in [0.1, 0.15) is 29.7 Å². The number of aliphatic hydroxyl groups excluding tert-OH is 3. The highest BCUT2D eigenvalue weighted by atomic mass is 16.7. The minimum absolute atomic E-state index is 0.0350. The van der Waals surface area contributed by atoms with Crippen molar-refractivity contribution in [2.45, 2.75) is 172 Å². The Morgan fingerprint density at radius 2 is 1.62 bits per heavy atom. The Morgan fingerprint density at radius 1 is 0.924 bits per heavy atom. The van der Waals surface area contributed by atoms with E-state index in [0.29, 0.717) is 12.1 Å². The van der Waals surface area contributed by atoms with E-state index >= 15 is 0 Å². The van der Waals surface area contributed by atoms with Gasteiger partial charge in [-0.15, -0.1) is 0 Å². The Hall–Kier alpha value is -3.40. The van der Waals surface area contributed by atoms with Crippen molar-refractivity contribution in [1.29, 1.82) is 0 Å². The van der Waals surface area contributed by atoms with E-state index in [1.54, 1.807) is 46.9 Å². The maximum Gasteiger partial charge on any atom is 0.311 e. The molecule has 3 aliphatic heterocycles. The van der Waals surface area contributed by atoms with Crippen LogP contribution in [0.5, 0.6) is 0 Å². The van der Waals surface area contributed by atoms with Crippen LogP contribution in [0.1, 0.15) is 88.0 Å². The van der Waals surface area contributed by atoms with Gasteiger partial charge in [0, 0.05) is 67.6 Å². The summed E-state index contributed by atoms with van der Waals surface area (Å²) in [6, 6.07) is 8.83. The molecule has 0 bridgehead atoms. The first-order chi connectivity index (χ1) is 30.8. The maximum atomic E-state index is 14.7. The smallest absolute Gasteiger partial charge is 0.311 e. The van der Waals surface area contributed by atoms with E-state index in [-0.39, 0.29) is 44.5 Å². The fourth-order valence-corrected chi connectivity index (χ4v) is 10.1. The Bertz CT molecular complexity index is 1950. The number of hydrogen-bond donors (Lipinski definition) is 7. The summed E-state index contributed by atoms with van der Waals surface area (Å²) in [6.45, 7) is 14.1. The van der Waals surface area contributed by atoms with Crippen molar-refractivity contribution in [1.82, 2.24) is 15.2 Å². The van der Waals surface area contributed by atoms with Gasteiger partial charge >= 0.3 is 5.97 Å². The van der Waals surface area contributed by atoms with Gasteiger partial charge in [0.05, 0.1) is 59.7 Å². The van der Waals surface area contributed by atoms with Gasteiger partial charge in [-0.3, -0.25) is 19.4 Å². The molecule has 12 unspecified atom stereocenters. The van der Waals surface area contributed by atoms with Crippen molar-refractivity contribution in [3.05, 3.63) is 36.5 Å². The maximum absolute atomic E-state index is 14.7. The number of methoxy groups -OCH3 is 1. The van der Waals surface area contributed by atoms with Crippen molar-refractivity contribution >= 4 is 34.3 Å². The number of aliphatic hydroxyl groups is 5. The van der Waals surface area contributed by atoms with Crippen molar-refractivity contribution < 1.29 is 68.3 Å². The predicted octanol–water partition coefficient (Wildman–Crippen LogP) is 2.54. The number of amides is 1. The second kappa shape index (κ2) is 21.9. The van der Waals surface area contributed by atoms with Crippen LogP contribution < -0.4 is 10.6 Å². The van der Waals surface area contributed by atoms with Crippen LogP contribution in [0.25, 0.3) is 10.9 Å². The third kappa shape index (κ3) is 12.1. The van der Waals surface area contributed by atoms with Crippen LogP contribution in [0.2, 0.25) is 0 Å². The van der Waals surface area contributed by atoms with E-state index in [2.05, 4.69) is 15.6 Å². The molecule has 4 heterocycles. The Kier molecular flexibility index (Phi) is 17.8. The van der Waals surface area contributed by atoms with Crippen molar-refractivity contribution in [3.8, 4) is 0 Å². The first kappa shape index (κ1) is 53.6. The molecule has 1 aromatic carbocycles. The molecule has 0 radical (unpaired) electrons. The third-order valence-electron chi connectivity index (χ3n) is 14.3. The van der Waals surface area contributed by atoms with Crippen LogP contribution in [0, 0.1) is 23.7 Å². The zero-order valence-corrected chi connectivity index (χ0v) is 40.7. The minimum Gasteiger partial charge on any atom is -0.459 e. The highest BCUT2D eigenvalue weighted by Gasteiger charge is 2.53. The number of nitrogens with one attached hydrogen (secondary N) is 2. The van der Waals surface area contributed by atoms with Crippen LogP contribution in [0.3, 0.4) is 0 Å². The molecular weight excluding hydrogens is 857 g/mol. The SMILES string of the molecule is COC1(C)CC(OC2C(C)C(=O)O[C@H](CCNC(=O)CNc3cccc4ncccc34)[C@@](C)(O)C(O)[C@@H](C)C(=O)[C@H](C)C[C@@](C)(O)C(OC3OC(C)CC(N(C)C)C3O)[C@H]2C)OC(C)C1O. The Morgan fingerprint density at radius 3 is 2.29 bits per heavy atom. The minimum atomic E-state index is -2.23. The number of pyridine rings is 1. The van der Waals surface area contributed by atoms with Gasteiger partial charge in [0.25, 0.3) is 0 Å². The zero-order valence-electron chi connectivity index (χ0n) is 40.7. The number of carbonyl (C=O) groups excluding carboxylic acids is 3. The number of cyclic esters (lactones) is 1. The van der Waals surface area contributed by atoms with Gasteiger partial charge in [-0.1, -0.05) is 26.8 Å². The van der Waals surface area contributed by atoms with Crippen LogP contribution in [-0.2, 0) is 42.8 Å². The van der Waals surface area contributed by atoms with Crippen LogP contribution in [-0.4, -0.2) is 172 Å². The normalized spacial score (nSPS) is 41.0. The number of hydrogen-bond acceptors (Lipinski definition) is 17. The molecule has 7 N–H and O–H groups in total. The summed E-state index contributed by atoms with van der Waals surface area (Å²) in [5, 5.41) is 66.0. The number of ketones is 1. The highest BCUT2D eigenvalue weighted by molar-refractivity contribution is 5.93. The number of aromatic nitrogens is 1. The largest absolute Gasteiger partial charge is 0.459 e. The number of carbonyl (C=O) groups is 3. The molecule has 2 aromatic rings. The molecule has 5 rings (SSSR count). The molecule has 0 aliphatic carbocycles. The number of benzene rings is 1. The first-order valence-electron chi connectivity index (χ1n) is 23.2. The topological polar surface area (TPSA) is 248 Å². The second-order valence-corrected chi connectivity index (χ2v) is 19.9. The summed E-state index contributed by atoms with van der Waals surface area (Å²) in [5.74, 6) is -6.03. The van der Waals surface area contributed by atoms with Crippen molar-refractivity contribution in [2.24, 2.45) is 23.7 Å². The lowest BCUT2D eigenvalue weighted by Crippen LogP contribution is -2.61. The van der Waals surface area contributed by atoms with E-state index in [1.165, 1.54) is 27.9 Å².